The highest BCUT2D eigenvalue weighted by Gasteiger charge is 2.19. The maximum absolute atomic E-state index is 11.6. The van der Waals surface area contributed by atoms with Gasteiger partial charge in [0.1, 0.15) is 5.56 Å². The minimum absolute atomic E-state index is 0.0181. The molecule has 17 heavy (non-hydrogen) atoms. The second kappa shape index (κ2) is 6.17. The quantitative estimate of drug-likeness (QED) is 0.494. The van der Waals surface area contributed by atoms with E-state index >= 15 is 0 Å². The van der Waals surface area contributed by atoms with E-state index in [1.165, 1.54) is 19.2 Å². The zero-order chi connectivity index (χ0) is 12.8. The number of halogens is 1. The van der Waals surface area contributed by atoms with Crippen molar-refractivity contribution >= 4 is 23.2 Å². The second-order valence-corrected chi connectivity index (χ2v) is 3.60. The lowest BCUT2D eigenvalue weighted by Gasteiger charge is -2.05. The molecule has 0 aliphatic heterocycles. The lowest BCUT2D eigenvalue weighted by atomic mass is 10.1. The number of carbonyl (C=O) groups excluding carboxylic acids is 1. The molecule has 0 aromatic heterocycles. The average molecular weight is 259 g/mol. The van der Waals surface area contributed by atoms with E-state index in [2.05, 4.69) is 5.32 Å². The largest absolute Gasteiger partial charge is 0.383 e. The van der Waals surface area contributed by atoms with Crippen LogP contribution in [0.15, 0.2) is 18.2 Å². The normalized spacial score (nSPS) is 10.0. The summed E-state index contributed by atoms with van der Waals surface area (Å²) >= 11 is 5.64. The van der Waals surface area contributed by atoms with Crippen molar-refractivity contribution in [2.24, 2.45) is 0 Å². The summed E-state index contributed by atoms with van der Waals surface area (Å²) in [5.41, 5.74) is -0.331. The Hall–Kier alpha value is -1.66. The Bertz CT molecular complexity index is 436. The topological polar surface area (TPSA) is 81.5 Å². The van der Waals surface area contributed by atoms with Crippen LogP contribution >= 0.6 is 11.6 Å². The monoisotopic (exact) mass is 258 g/mol. The highest BCUT2D eigenvalue weighted by molar-refractivity contribution is 6.31. The highest BCUT2D eigenvalue weighted by atomic mass is 35.5. The number of carbonyl (C=O) groups is 1. The Kier molecular flexibility index (Phi) is 4.86. The lowest BCUT2D eigenvalue weighted by molar-refractivity contribution is -0.385. The molecule has 7 heteroatoms. The molecule has 1 N–H and O–H groups in total. The maximum Gasteiger partial charge on any atom is 0.283 e. The van der Waals surface area contributed by atoms with Gasteiger partial charge in [-0.1, -0.05) is 11.6 Å². The van der Waals surface area contributed by atoms with Gasteiger partial charge in [-0.2, -0.15) is 0 Å². The van der Waals surface area contributed by atoms with Crippen molar-refractivity contribution in [1.82, 2.24) is 5.32 Å². The fourth-order valence-corrected chi connectivity index (χ4v) is 1.38. The average Bonchev–Trinajstić information content (AvgIpc) is 2.29. The second-order valence-electron chi connectivity index (χ2n) is 3.17. The molecule has 0 atom stereocenters. The first kappa shape index (κ1) is 13.4. The van der Waals surface area contributed by atoms with Crippen LogP contribution < -0.4 is 5.32 Å². The summed E-state index contributed by atoms with van der Waals surface area (Å²) in [5, 5.41) is 13.5. The van der Waals surface area contributed by atoms with E-state index < -0.39 is 10.8 Å². The third kappa shape index (κ3) is 3.69. The van der Waals surface area contributed by atoms with Crippen molar-refractivity contribution < 1.29 is 14.5 Å². The molecule has 0 heterocycles. The molecule has 0 fully saturated rings. The molecule has 1 aromatic rings. The molecule has 1 rings (SSSR count). The number of nitro groups is 1. The van der Waals surface area contributed by atoms with E-state index in [0.29, 0.717) is 6.61 Å². The summed E-state index contributed by atoms with van der Waals surface area (Å²) in [6.07, 6.45) is 0. The van der Waals surface area contributed by atoms with Crippen LogP contribution in [0.1, 0.15) is 10.4 Å². The Morgan fingerprint density at radius 1 is 1.59 bits per heavy atom. The number of nitrogens with zero attached hydrogens (tertiary/aromatic N) is 1. The molecule has 1 amide bonds. The summed E-state index contributed by atoms with van der Waals surface area (Å²) in [7, 11) is 1.50. The van der Waals surface area contributed by atoms with Crippen LogP contribution in [0.4, 0.5) is 5.69 Å². The van der Waals surface area contributed by atoms with E-state index in [1.54, 1.807) is 0 Å². The molecule has 92 valence electrons. The Balaban J connectivity index is 2.89. The molecule has 0 saturated heterocycles. The van der Waals surface area contributed by atoms with Crippen LogP contribution in [0, 0.1) is 10.1 Å². The Morgan fingerprint density at radius 2 is 2.29 bits per heavy atom. The molecule has 6 nitrogen and oxygen atoms in total. The van der Waals surface area contributed by atoms with E-state index in [1.807, 2.05) is 0 Å². The molecule has 0 saturated carbocycles. The van der Waals surface area contributed by atoms with Crippen LogP contribution in [-0.2, 0) is 4.74 Å². The van der Waals surface area contributed by atoms with Crippen LogP contribution in [0.3, 0.4) is 0 Å². The highest BCUT2D eigenvalue weighted by Crippen LogP contribution is 2.22. The van der Waals surface area contributed by atoms with Crippen molar-refractivity contribution in [3.8, 4) is 0 Å². The van der Waals surface area contributed by atoms with Gasteiger partial charge >= 0.3 is 0 Å². The van der Waals surface area contributed by atoms with Gasteiger partial charge in [0.2, 0.25) is 0 Å². The van der Waals surface area contributed by atoms with E-state index in [9.17, 15) is 14.9 Å². The smallest absolute Gasteiger partial charge is 0.283 e. The first-order valence-electron chi connectivity index (χ1n) is 4.77. The Labute approximate surface area is 103 Å². The fourth-order valence-electron chi connectivity index (χ4n) is 1.21. The van der Waals surface area contributed by atoms with Crippen molar-refractivity contribution in [2.75, 3.05) is 20.3 Å². The number of rotatable bonds is 5. The molecule has 0 spiro atoms. The molecule has 0 bridgehead atoms. The van der Waals surface area contributed by atoms with Crippen molar-refractivity contribution in [1.29, 1.82) is 0 Å². The molecule has 0 aliphatic carbocycles. The first-order chi connectivity index (χ1) is 8.06. The summed E-state index contributed by atoms with van der Waals surface area (Å²) in [4.78, 5) is 21.8. The summed E-state index contributed by atoms with van der Waals surface area (Å²) in [6, 6.07) is 3.90. The van der Waals surface area contributed by atoms with Crippen LogP contribution in [0.25, 0.3) is 0 Å². The van der Waals surface area contributed by atoms with Gasteiger partial charge in [0.25, 0.3) is 11.6 Å². The number of nitrogens with one attached hydrogen (secondary N) is 1. The molecular formula is C10H11ClN2O4. The molecular weight excluding hydrogens is 248 g/mol. The van der Waals surface area contributed by atoms with Gasteiger partial charge in [-0.3, -0.25) is 14.9 Å². The zero-order valence-corrected chi connectivity index (χ0v) is 9.86. The predicted molar refractivity (Wildman–Crippen MR) is 62.3 cm³/mol. The SMILES string of the molecule is COCCNC(=O)c1ccc(Cl)cc1[N+](=O)[O-]. The van der Waals surface area contributed by atoms with Gasteiger partial charge in [-0.05, 0) is 12.1 Å². The van der Waals surface area contributed by atoms with Crippen LogP contribution in [0.5, 0.6) is 0 Å². The van der Waals surface area contributed by atoms with E-state index in [4.69, 9.17) is 16.3 Å². The van der Waals surface area contributed by atoms with Crippen LogP contribution in [-0.4, -0.2) is 31.1 Å². The predicted octanol–water partition coefficient (Wildman–Crippen LogP) is 1.62. The summed E-state index contributed by atoms with van der Waals surface area (Å²) in [5.74, 6) is -0.523. The summed E-state index contributed by atoms with van der Waals surface area (Å²) in [6.45, 7) is 0.627. The van der Waals surface area contributed by atoms with Gasteiger partial charge in [0.15, 0.2) is 0 Å². The molecule has 0 aliphatic rings. The number of ether oxygens (including phenoxy) is 1. The molecule has 0 unspecified atom stereocenters. The van der Waals surface area contributed by atoms with Crippen molar-refractivity contribution in [3.05, 3.63) is 38.9 Å². The summed E-state index contributed by atoms with van der Waals surface area (Å²) < 4.78 is 4.76. The zero-order valence-electron chi connectivity index (χ0n) is 9.10. The Morgan fingerprint density at radius 3 is 2.88 bits per heavy atom. The number of hydrogen-bond acceptors (Lipinski definition) is 4. The van der Waals surface area contributed by atoms with Crippen molar-refractivity contribution in [2.45, 2.75) is 0 Å². The van der Waals surface area contributed by atoms with Gasteiger partial charge in [-0.15, -0.1) is 0 Å². The number of methoxy groups -OCH3 is 1. The number of amides is 1. The third-order valence-electron chi connectivity index (χ3n) is 1.99. The van der Waals surface area contributed by atoms with Crippen molar-refractivity contribution in [3.63, 3.8) is 0 Å². The van der Waals surface area contributed by atoms with Gasteiger partial charge in [-0.25, -0.2) is 0 Å². The molecule has 1 aromatic carbocycles. The minimum Gasteiger partial charge on any atom is -0.383 e. The van der Waals surface area contributed by atoms with Crippen LogP contribution in [0.2, 0.25) is 5.02 Å². The fraction of sp³-hybridized carbons (Fsp3) is 0.300. The van der Waals surface area contributed by atoms with Gasteiger partial charge < -0.3 is 10.1 Å². The van der Waals surface area contributed by atoms with E-state index in [0.717, 1.165) is 6.07 Å². The van der Waals surface area contributed by atoms with Gasteiger partial charge in [0.05, 0.1) is 11.5 Å². The van der Waals surface area contributed by atoms with Gasteiger partial charge in [0, 0.05) is 24.7 Å². The van der Waals surface area contributed by atoms with E-state index in [-0.39, 0.29) is 22.8 Å². The number of nitro benzene ring substituents is 1. The number of hydrogen-bond donors (Lipinski definition) is 1. The minimum atomic E-state index is -0.642. The standard InChI is InChI=1S/C10H11ClN2O4/c1-17-5-4-12-10(14)8-3-2-7(11)6-9(8)13(15)16/h2-3,6H,4-5H2,1H3,(H,12,14). The first-order valence-corrected chi connectivity index (χ1v) is 5.15. The third-order valence-corrected chi connectivity index (χ3v) is 2.23. The number of benzene rings is 1. The lowest BCUT2D eigenvalue weighted by Crippen LogP contribution is -2.27. The molecule has 0 radical (unpaired) electrons. The maximum atomic E-state index is 11.6.